The molecule has 77 heavy (non-hydrogen) atoms. The molecule has 15 nitrogen and oxygen atoms in total. The van der Waals surface area contributed by atoms with Crippen molar-refractivity contribution in [2.24, 2.45) is 0 Å². The van der Waals surface area contributed by atoms with Gasteiger partial charge in [0.25, 0.3) is 0 Å². The predicted octanol–water partition coefficient (Wildman–Crippen LogP) is 7.22. The number of nitrogens with one attached hydrogen (secondary N) is 1. The number of alkyl halides is 1. The van der Waals surface area contributed by atoms with Crippen LogP contribution in [0.5, 0.6) is 0 Å². The molecule has 0 unspecified atom stereocenters. The summed E-state index contributed by atoms with van der Waals surface area (Å²) in [6, 6.07) is 18.7. The molecule has 3 aromatic carbocycles. The second-order valence-corrected chi connectivity index (χ2v) is 22.4. The molecule has 414 valence electrons. The van der Waals surface area contributed by atoms with E-state index in [0.29, 0.717) is 19.6 Å². The molecule has 0 atom stereocenters. The van der Waals surface area contributed by atoms with E-state index in [0.717, 1.165) is 80.8 Å². The van der Waals surface area contributed by atoms with Crippen molar-refractivity contribution < 1.29 is 58.5 Å². The van der Waals surface area contributed by atoms with Crippen LogP contribution in [-0.4, -0.2) is 151 Å². The Labute approximate surface area is 507 Å². The van der Waals surface area contributed by atoms with E-state index >= 15 is 0 Å². The van der Waals surface area contributed by atoms with Crippen molar-refractivity contribution in [1.29, 1.82) is 0 Å². The van der Waals surface area contributed by atoms with Gasteiger partial charge in [-0.3, -0.25) is 14.4 Å². The zero-order chi connectivity index (χ0) is 56.4. The number of carbonyl (C=O) groups excluding carboxylic acids is 3. The molecular weight excluding hydrogens is 1260 g/mol. The Morgan fingerprint density at radius 2 is 0.961 bits per heavy atom. The Balaban J connectivity index is 0.000000286. The first-order valence-corrected chi connectivity index (χ1v) is 30.1. The standard InChI is InChI=1S/C18H22BrFN4O.C18H23FN4O.C14H14FN3O.C4H10BrN.Br2.Na.H/c1-18(2)17-21-15(12-5-7-13(20)8-6-12)16(19)23(17)11-14(25)24(18)10-9-22(3)4;1-18(2)17-20-15(13-5-7-14(19)8-6-13)11-22(17)12-16(24)23(18)10-9-21(3)4;1-14(2)13-16-11(7-18(13)8-12(19)17-14)9-3-5-10(15)6-4-9;1-6(2)4-3-5;1-2;;/h5-8H,9-11H2,1-4H3;5-8,11H,9-10,12H2,1-4H3;3-7H,8H2,1-2H3,(H,17,19);3-4H2,1-2H3;;;/q;;;;;+1;-1. The topological polar surface area (TPSA) is 133 Å². The summed E-state index contributed by atoms with van der Waals surface area (Å²) in [5.74, 6) is 1.82. The molecule has 23 heteroatoms. The molecule has 1 N–H and O–H groups in total. The molecule has 0 bridgehead atoms. The Kier molecular flexibility index (Phi) is 24.5. The summed E-state index contributed by atoms with van der Waals surface area (Å²) < 4.78 is 45.7. The molecule has 0 spiro atoms. The number of fused-ring (bicyclic) bond motifs is 3. The number of likely N-dealkylation sites (N-methyl/N-ethyl adjacent to an activating group) is 2. The van der Waals surface area contributed by atoms with E-state index in [-0.39, 0.29) is 79.2 Å². The predicted molar refractivity (Wildman–Crippen MR) is 310 cm³/mol. The van der Waals surface area contributed by atoms with Gasteiger partial charge in [0.15, 0.2) is 0 Å². The first-order valence-electron chi connectivity index (χ1n) is 24.5. The van der Waals surface area contributed by atoms with Crippen LogP contribution in [0.2, 0.25) is 0 Å². The maximum Gasteiger partial charge on any atom is 1.00 e. The molecule has 3 aliphatic heterocycles. The Bertz CT molecular complexity index is 2920. The monoisotopic (exact) mass is 1330 g/mol. The minimum atomic E-state index is -0.522. The quantitative estimate of drug-likeness (QED) is 0.106. The van der Waals surface area contributed by atoms with E-state index in [1.807, 2.05) is 106 Å². The number of hydrogen-bond donors (Lipinski definition) is 1. The minimum Gasteiger partial charge on any atom is -1.00 e. The van der Waals surface area contributed by atoms with E-state index < -0.39 is 16.6 Å². The summed E-state index contributed by atoms with van der Waals surface area (Å²) in [5, 5.41) is 3.97. The number of carbonyl (C=O) groups is 3. The third-order valence-corrected chi connectivity index (χ3v) is 14.1. The molecule has 0 radical (unpaired) electrons. The third-order valence-electron chi connectivity index (χ3n) is 12.9. The first kappa shape index (κ1) is 65.8. The van der Waals surface area contributed by atoms with E-state index in [1.54, 1.807) is 36.4 Å². The molecule has 3 amide bonds. The van der Waals surface area contributed by atoms with Crippen molar-refractivity contribution in [2.45, 2.75) is 77.8 Å². The van der Waals surface area contributed by atoms with Gasteiger partial charge in [0.05, 0.1) is 28.0 Å². The number of halogens is 7. The van der Waals surface area contributed by atoms with E-state index in [4.69, 9.17) is 9.97 Å². The maximum absolute atomic E-state index is 13.2. The number of rotatable bonds is 11. The van der Waals surface area contributed by atoms with Crippen LogP contribution in [0.4, 0.5) is 13.2 Å². The van der Waals surface area contributed by atoms with E-state index in [9.17, 15) is 27.6 Å². The molecule has 6 heterocycles. The summed E-state index contributed by atoms with van der Waals surface area (Å²) >= 11 is 12.4. The van der Waals surface area contributed by atoms with Gasteiger partial charge in [0, 0.05) is 95.4 Å². The summed E-state index contributed by atoms with van der Waals surface area (Å²) in [6.07, 6.45) is 3.72. The Morgan fingerprint density at radius 3 is 1.38 bits per heavy atom. The average Bonchev–Trinajstić information content (AvgIpc) is 4.07. The van der Waals surface area contributed by atoms with Gasteiger partial charge in [-0.1, -0.05) is 15.9 Å². The van der Waals surface area contributed by atoms with Crippen molar-refractivity contribution in [2.75, 3.05) is 80.3 Å². The molecule has 3 aliphatic rings. The molecule has 6 aromatic rings. The van der Waals surface area contributed by atoms with Crippen molar-refractivity contribution in [1.82, 2.24) is 58.5 Å². The zero-order valence-corrected chi connectivity index (χ0v) is 54.6. The molecule has 0 saturated heterocycles. The van der Waals surface area contributed by atoms with E-state index in [1.165, 1.54) is 36.4 Å². The summed E-state index contributed by atoms with van der Waals surface area (Å²) in [6.45, 7) is 16.7. The fraction of sp³-hybridized carbons (Fsp3) is 0.444. The van der Waals surface area contributed by atoms with Crippen LogP contribution in [0.3, 0.4) is 0 Å². The van der Waals surface area contributed by atoms with Crippen LogP contribution in [0, 0.1) is 17.5 Å². The maximum atomic E-state index is 13.2. The molecule has 9 rings (SSSR count). The Morgan fingerprint density at radius 1 is 0.571 bits per heavy atom. The number of amides is 3. The Hall–Kier alpha value is -3.71. The van der Waals surface area contributed by atoms with Crippen LogP contribution in [-0.2, 0) is 50.6 Å². The second-order valence-electron chi connectivity index (χ2n) is 20.8. The minimum absolute atomic E-state index is 0. The summed E-state index contributed by atoms with van der Waals surface area (Å²) in [4.78, 5) is 61.1. The normalized spacial score (nSPS) is 15.5. The smallest absolute Gasteiger partial charge is 1.00 e. The van der Waals surface area contributed by atoms with Crippen molar-refractivity contribution >= 4 is 77.8 Å². The van der Waals surface area contributed by atoms with Gasteiger partial charge >= 0.3 is 29.6 Å². The molecule has 0 aliphatic carbocycles. The van der Waals surface area contributed by atoms with Gasteiger partial charge in [-0.15, -0.1) is 0 Å². The van der Waals surface area contributed by atoms with Crippen molar-refractivity contribution in [3.05, 3.63) is 125 Å². The van der Waals surface area contributed by atoms with Gasteiger partial charge in [-0.25, -0.2) is 28.1 Å². The largest absolute Gasteiger partial charge is 1.00 e. The van der Waals surface area contributed by atoms with E-state index in [2.05, 4.69) is 99.2 Å². The number of nitrogens with zero attached hydrogens (tertiary/aromatic N) is 11. The first-order chi connectivity index (χ1) is 35.7. The van der Waals surface area contributed by atoms with Crippen molar-refractivity contribution in [3.63, 3.8) is 0 Å². The van der Waals surface area contributed by atoms with Crippen LogP contribution in [0.15, 0.2) is 89.8 Å². The summed E-state index contributed by atoms with van der Waals surface area (Å²) in [7, 11) is 12.1. The van der Waals surface area contributed by atoms with Gasteiger partial charge < -0.3 is 44.9 Å². The number of imidazole rings is 3. The molecule has 0 saturated carbocycles. The SMILES string of the molecule is BrBr.CC1(C)NC(=O)Cn2cc(-c3ccc(F)cc3)nc21.CN(C)CCBr.CN(C)CCN1C(=O)Cn2c(nc(-c3ccc(F)cc3)c2Br)C1(C)C.CN(C)CCN1C(=O)Cn2cc(-c3ccc(F)cc3)nc2C1(C)C.[H-].[Na+]. The number of hydrogen-bond acceptors (Lipinski definition) is 9. The molecular formula is C54H70Br4F3N12NaO3. The van der Waals surface area contributed by atoms with Gasteiger partial charge in [-0.2, -0.15) is 0 Å². The van der Waals surface area contributed by atoms with Crippen molar-refractivity contribution in [3.8, 4) is 33.8 Å². The number of aromatic nitrogens is 6. The van der Waals surface area contributed by atoms with Crippen LogP contribution in [0.25, 0.3) is 33.8 Å². The number of benzene rings is 3. The van der Waals surface area contributed by atoms with Crippen LogP contribution >= 0.6 is 60.1 Å². The van der Waals surface area contributed by atoms with Crippen LogP contribution < -0.4 is 34.9 Å². The zero-order valence-electron chi connectivity index (χ0n) is 47.2. The van der Waals surface area contributed by atoms with Gasteiger partial charge in [0.2, 0.25) is 17.7 Å². The second kappa shape index (κ2) is 28.6. The van der Waals surface area contributed by atoms with Gasteiger partial charge in [0.1, 0.15) is 64.9 Å². The average molecular weight is 1330 g/mol. The summed E-state index contributed by atoms with van der Waals surface area (Å²) in [5.41, 5.74) is 3.25. The third kappa shape index (κ3) is 16.7. The molecule has 0 fully saturated rings. The fourth-order valence-corrected chi connectivity index (χ4v) is 10.2. The fourth-order valence-electron chi connectivity index (χ4n) is 8.91. The molecule has 3 aromatic heterocycles. The van der Waals surface area contributed by atoms with Crippen LogP contribution in [0.1, 0.15) is 60.4 Å². The van der Waals surface area contributed by atoms with Gasteiger partial charge in [-0.05, 0) is 173 Å².